The summed E-state index contributed by atoms with van der Waals surface area (Å²) in [4.78, 5) is 18.4. The topological polar surface area (TPSA) is 57.7 Å². The lowest BCUT2D eigenvalue weighted by atomic mass is 10.0. The summed E-state index contributed by atoms with van der Waals surface area (Å²) in [7, 11) is 3.17. The van der Waals surface area contributed by atoms with Gasteiger partial charge < -0.3 is 14.2 Å². The first-order valence-electron chi connectivity index (χ1n) is 10.2. The molecule has 0 spiro atoms. The summed E-state index contributed by atoms with van der Waals surface area (Å²) in [5.74, 6) is 1.76. The zero-order valence-corrected chi connectivity index (χ0v) is 18.9. The Bertz CT molecular complexity index is 1240. The van der Waals surface area contributed by atoms with Crippen LogP contribution in [-0.2, 0) is 0 Å². The lowest BCUT2D eigenvalue weighted by Gasteiger charge is -2.11. The van der Waals surface area contributed by atoms with Gasteiger partial charge in [0.25, 0.3) is 0 Å². The van der Waals surface area contributed by atoms with E-state index in [0.29, 0.717) is 34.3 Å². The van der Waals surface area contributed by atoms with Gasteiger partial charge in [0.15, 0.2) is 17.3 Å². The highest BCUT2D eigenvalue weighted by atomic mass is 32.1. The molecule has 4 rings (SSSR count). The maximum absolute atomic E-state index is 13.6. The van der Waals surface area contributed by atoms with E-state index in [-0.39, 0.29) is 5.78 Å². The number of ketones is 1. The average molecular weight is 446 g/mol. The van der Waals surface area contributed by atoms with Gasteiger partial charge in [-0.25, -0.2) is 4.98 Å². The molecule has 0 aliphatic carbocycles. The first-order valence-corrected chi connectivity index (χ1v) is 11.0. The van der Waals surface area contributed by atoms with Crippen LogP contribution < -0.4 is 14.2 Å². The minimum atomic E-state index is -0.128. The SMILES string of the molecule is CCOc1ccc(C(=O)/C(=C\c2cccc(OC)c2OC)c2nc3ccccc3s2)cc1. The fraction of sp³-hybridized carbons (Fsp3) is 0.154. The van der Waals surface area contributed by atoms with Crippen molar-refractivity contribution in [1.82, 2.24) is 4.98 Å². The van der Waals surface area contributed by atoms with Gasteiger partial charge in [0, 0.05) is 11.1 Å². The molecular formula is C26H23NO4S. The first kappa shape index (κ1) is 21.6. The summed E-state index contributed by atoms with van der Waals surface area (Å²) in [6, 6.07) is 20.6. The van der Waals surface area contributed by atoms with Crippen LogP contribution in [0.5, 0.6) is 17.2 Å². The van der Waals surface area contributed by atoms with Gasteiger partial charge in [-0.3, -0.25) is 4.79 Å². The van der Waals surface area contributed by atoms with Crippen LogP contribution in [0.4, 0.5) is 0 Å². The van der Waals surface area contributed by atoms with Crippen LogP contribution in [0.15, 0.2) is 66.7 Å². The molecule has 1 aromatic heterocycles. The molecule has 0 N–H and O–H groups in total. The van der Waals surface area contributed by atoms with Crippen LogP contribution in [0.2, 0.25) is 0 Å². The van der Waals surface area contributed by atoms with Crippen molar-refractivity contribution in [2.24, 2.45) is 0 Å². The van der Waals surface area contributed by atoms with Crippen molar-refractivity contribution in [3.8, 4) is 17.2 Å². The van der Waals surface area contributed by atoms with E-state index >= 15 is 0 Å². The molecule has 5 nitrogen and oxygen atoms in total. The van der Waals surface area contributed by atoms with Gasteiger partial charge in [-0.15, -0.1) is 11.3 Å². The van der Waals surface area contributed by atoms with Crippen LogP contribution in [0.25, 0.3) is 21.9 Å². The number of thiazole rings is 1. The number of benzene rings is 3. The van der Waals surface area contributed by atoms with E-state index in [1.165, 1.54) is 11.3 Å². The number of ether oxygens (including phenoxy) is 3. The van der Waals surface area contributed by atoms with Gasteiger partial charge in [-0.05, 0) is 55.5 Å². The smallest absolute Gasteiger partial charge is 0.196 e. The molecule has 1 heterocycles. The Labute approximate surface area is 190 Å². The van der Waals surface area contributed by atoms with Crippen LogP contribution >= 0.6 is 11.3 Å². The number of hydrogen-bond acceptors (Lipinski definition) is 6. The number of para-hydroxylation sites is 2. The molecule has 0 radical (unpaired) electrons. The third-order valence-corrected chi connectivity index (χ3v) is 6.00. The number of hydrogen-bond donors (Lipinski definition) is 0. The van der Waals surface area contributed by atoms with Gasteiger partial charge in [0.1, 0.15) is 10.8 Å². The molecule has 32 heavy (non-hydrogen) atoms. The van der Waals surface area contributed by atoms with E-state index in [1.54, 1.807) is 38.5 Å². The van der Waals surface area contributed by atoms with Crippen molar-refractivity contribution in [3.63, 3.8) is 0 Å². The molecular weight excluding hydrogens is 422 g/mol. The Morgan fingerprint density at radius 3 is 2.44 bits per heavy atom. The lowest BCUT2D eigenvalue weighted by molar-refractivity contribution is 0.105. The molecule has 0 fully saturated rings. The second-order valence-electron chi connectivity index (χ2n) is 6.91. The Morgan fingerprint density at radius 1 is 0.969 bits per heavy atom. The molecule has 0 atom stereocenters. The third kappa shape index (κ3) is 4.36. The third-order valence-electron chi connectivity index (χ3n) is 4.93. The number of aromatic nitrogens is 1. The number of rotatable bonds is 8. The van der Waals surface area contributed by atoms with E-state index in [4.69, 9.17) is 19.2 Å². The van der Waals surface area contributed by atoms with E-state index in [9.17, 15) is 4.79 Å². The van der Waals surface area contributed by atoms with Crippen LogP contribution in [0.3, 0.4) is 0 Å². The molecule has 0 amide bonds. The fourth-order valence-corrected chi connectivity index (χ4v) is 4.40. The standard InChI is InChI=1S/C26H23NO4S/c1-4-31-19-14-12-17(13-15-19)24(28)20(26-27-21-9-5-6-11-23(21)32-26)16-18-8-7-10-22(29-2)25(18)30-3/h5-16H,4H2,1-3H3/b20-16+. The summed E-state index contributed by atoms with van der Waals surface area (Å²) >= 11 is 1.49. The van der Waals surface area contributed by atoms with Crippen LogP contribution in [0.1, 0.15) is 27.9 Å². The van der Waals surface area contributed by atoms with Gasteiger partial charge in [-0.1, -0.05) is 24.3 Å². The first-order chi connectivity index (χ1) is 15.6. The van der Waals surface area contributed by atoms with Gasteiger partial charge in [0.05, 0.1) is 36.6 Å². The molecule has 0 saturated heterocycles. The number of carbonyl (C=O) groups is 1. The highest BCUT2D eigenvalue weighted by Crippen LogP contribution is 2.36. The van der Waals surface area contributed by atoms with Crippen molar-refractivity contribution < 1.29 is 19.0 Å². The molecule has 0 aliphatic heterocycles. The molecule has 0 unspecified atom stereocenters. The number of Topliss-reactive ketones (excluding diaryl/α,β-unsaturated/α-hetero) is 1. The Hall–Kier alpha value is -3.64. The maximum atomic E-state index is 13.6. The van der Waals surface area contributed by atoms with Gasteiger partial charge in [-0.2, -0.15) is 0 Å². The lowest BCUT2D eigenvalue weighted by Crippen LogP contribution is -2.03. The zero-order valence-electron chi connectivity index (χ0n) is 18.1. The molecule has 6 heteroatoms. The van der Waals surface area contributed by atoms with Crippen LogP contribution in [-0.4, -0.2) is 31.6 Å². The Kier molecular flexibility index (Phi) is 6.52. The number of nitrogens with zero attached hydrogens (tertiary/aromatic N) is 1. The minimum Gasteiger partial charge on any atom is -0.494 e. The second kappa shape index (κ2) is 9.66. The van der Waals surface area contributed by atoms with Crippen molar-refractivity contribution in [3.05, 3.63) is 82.9 Å². The van der Waals surface area contributed by atoms with E-state index < -0.39 is 0 Å². The summed E-state index contributed by atoms with van der Waals surface area (Å²) in [6.45, 7) is 2.49. The maximum Gasteiger partial charge on any atom is 0.196 e. The van der Waals surface area contributed by atoms with E-state index in [0.717, 1.165) is 21.5 Å². The highest BCUT2D eigenvalue weighted by Gasteiger charge is 2.20. The Morgan fingerprint density at radius 2 is 1.75 bits per heavy atom. The van der Waals surface area contributed by atoms with Crippen molar-refractivity contribution in [2.45, 2.75) is 6.92 Å². The van der Waals surface area contributed by atoms with Crippen molar-refractivity contribution in [1.29, 1.82) is 0 Å². The predicted octanol–water partition coefficient (Wildman–Crippen LogP) is 6.14. The van der Waals surface area contributed by atoms with Crippen LogP contribution in [0, 0.1) is 0 Å². The summed E-state index contributed by atoms with van der Waals surface area (Å²) < 4.78 is 17.5. The highest BCUT2D eigenvalue weighted by molar-refractivity contribution is 7.20. The summed E-state index contributed by atoms with van der Waals surface area (Å²) in [5.41, 5.74) is 2.64. The Balaban J connectivity index is 1.85. The van der Waals surface area contributed by atoms with Gasteiger partial charge >= 0.3 is 0 Å². The number of fused-ring (bicyclic) bond motifs is 1. The largest absolute Gasteiger partial charge is 0.494 e. The molecule has 162 valence electrons. The second-order valence-corrected chi connectivity index (χ2v) is 7.94. The molecule has 0 bridgehead atoms. The average Bonchev–Trinajstić information content (AvgIpc) is 3.26. The van der Waals surface area contributed by atoms with Gasteiger partial charge in [0.2, 0.25) is 0 Å². The number of carbonyl (C=O) groups excluding carboxylic acids is 1. The summed E-state index contributed by atoms with van der Waals surface area (Å²) in [5, 5.41) is 0.648. The van der Waals surface area contributed by atoms with Crippen molar-refractivity contribution in [2.75, 3.05) is 20.8 Å². The number of allylic oxidation sites excluding steroid dienone is 1. The fourth-order valence-electron chi connectivity index (χ4n) is 3.42. The van der Waals surface area contributed by atoms with Crippen molar-refractivity contribution >= 4 is 39.0 Å². The zero-order chi connectivity index (χ0) is 22.5. The normalized spacial score (nSPS) is 11.4. The van der Waals surface area contributed by atoms with E-state index in [1.807, 2.05) is 55.5 Å². The monoisotopic (exact) mass is 445 g/mol. The molecule has 0 aliphatic rings. The molecule has 3 aromatic carbocycles. The summed E-state index contributed by atoms with van der Waals surface area (Å²) in [6.07, 6.45) is 1.82. The number of methoxy groups -OCH3 is 2. The molecule has 0 saturated carbocycles. The minimum absolute atomic E-state index is 0.128. The molecule has 4 aromatic rings. The quantitative estimate of drug-likeness (QED) is 0.241. The van der Waals surface area contributed by atoms with E-state index in [2.05, 4.69) is 0 Å². The predicted molar refractivity (Wildman–Crippen MR) is 129 cm³/mol.